The maximum absolute atomic E-state index is 11.3. The lowest BCUT2D eigenvalue weighted by atomic mass is 10.2. The van der Waals surface area contributed by atoms with Crippen LogP contribution >= 0.6 is 12.2 Å². The molecule has 2 rings (SSSR count). The molecule has 2 N–H and O–H groups in total. The smallest absolute Gasteiger partial charge is 0.337 e. The minimum atomic E-state index is -0.355. The summed E-state index contributed by atoms with van der Waals surface area (Å²) in [6.45, 7) is 0.660. The molecule has 0 aliphatic rings. The van der Waals surface area contributed by atoms with Crippen LogP contribution < -0.4 is 10.6 Å². The molecule has 2 aromatic rings. The van der Waals surface area contributed by atoms with Crippen LogP contribution in [0.4, 0.5) is 5.69 Å². The summed E-state index contributed by atoms with van der Waals surface area (Å²) in [5.74, 6) is -0.355. The molecule has 0 aliphatic carbocycles. The number of nitrogens with one attached hydrogen (secondary N) is 2. The first kappa shape index (κ1) is 15.0. The predicted molar refractivity (Wildman–Crippen MR) is 87.3 cm³/mol. The van der Waals surface area contributed by atoms with Crippen molar-refractivity contribution in [2.24, 2.45) is 0 Å². The van der Waals surface area contributed by atoms with Crippen LogP contribution in [0, 0.1) is 0 Å². The fourth-order valence-corrected chi connectivity index (χ4v) is 1.95. The Bertz CT molecular complexity index is 612. The van der Waals surface area contributed by atoms with Gasteiger partial charge in [-0.05, 0) is 42.0 Å². The molecular formula is C16H16N2O2S. The highest BCUT2D eigenvalue weighted by Gasteiger charge is 2.04. The summed E-state index contributed by atoms with van der Waals surface area (Å²) in [6, 6.07) is 16.9. The molecule has 0 aromatic heterocycles. The van der Waals surface area contributed by atoms with Crippen molar-refractivity contribution < 1.29 is 9.53 Å². The number of carbonyl (C=O) groups excluding carboxylic acids is 1. The van der Waals surface area contributed by atoms with Crippen LogP contribution in [0.2, 0.25) is 0 Å². The van der Waals surface area contributed by atoms with E-state index in [0.29, 0.717) is 17.2 Å². The van der Waals surface area contributed by atoms with Gasteiger partial charge in [0.1, 0.15) is 0 Å². The van der Waals surface area contributed by atoms with Gasteiger partial charge in [0.25, 0.3) is 0 Å². The zero-order chi connectivity index (χ0) is 15.1. The second-order valence-electron chi connectivity index (χ2n) is 4.36. The number of anilines is 1. The highest BCUT2D eigenvalue weighted by Crippen LogP contribution is 2.10. The summed E-state index contributed by atoms with van der Waals surface area (Å²) in [7, 11) is 1.36. The lowest BCUT2D eigenvalue weighted by molar-refractivity contribution is 0.0601. The molecule has 0 atom stereocenters. The standard InChI is InChI=1S/C16H16N2O2S/c1-20-15(19)13-7-9-14(10-8-13)18-16(21)17-11-12-5-3-2-4-6-12/h2-10H,11H2,1H3,(H2,17,18,21). The Morgan fingerprint density at radius 1 is 1.10 bits per heavy atom. The lowest BCUT2D eigenvalue weighted by Gasteiger charge is -2.11. The van der Waals surface area contributed by atoms with E-state index in [2.05, 4.69) is 15.4 Å². The van der Waals surface area contributed by atoms with Gasteiger partial charge in [-0.15, -0.1) is 0 Å². The fraction of sp³-hybridized carbons (Fsp3) is 0.125. The van der Waals surface area contributed by atoms with E-state index < -0.39 is 0 Å². The van der Waals surface area contributed by atoms with E-state index in [9.17, 15) is 4.79 Å². The van der Waals surface area contributed by atoms with Gasteiger partial charge in [0, 0.05) is 12.2 Å². The minimum absolute atomic E-state index is 0.355. The molecule has 0 unspecified atom stereocenters. The molecule has 0 bridgehead atoms. The van der Waals surface area contributed by atoms with E-state index in [1.807, 2.05) is 30.3 Å². The number of ether oxygens (including phenoxy) is 1. The van der Waals surface area contributed by atoms with Crippen molar-refractivity contribution in [3.05, 3.63) is 65.7 Å². The normalized spacial score (nSPS) is 9.76. The molecular weight excluding hydrogens is 284 g/mol. The zero-order valence-corrected chi connectivity index (χ0v) is 12.4. The third-order valence-corrected chi connectivity index (χ3v) is 3.11. The van der Waals surface area contributed by atoms with Gasteiger partial charge in [-0.2, -0.15) is 0 Å². The minimum Gasteiger partial charge on any atom is -0.465 e. The van der Waals surface area contributed by atoms with Crippen LogP contribution in [-0.2, 0) is 11.3 Å². The van der Waals surface area contributed by atoms with Crippen LogP contribution in [0.5, 0.6) is 0 Å². The summed E-state index contributed by atoms with van der Waals surface area (Å²) >= 11 is 5.23. The number of hydrogen-bond acceptors (Lipinski definition) is 3. The van der Waals surface area contributed by atoms with Crippen LogP contribution in [0.3, 0.4) is 0 Å². The van der Waals surface area contributed by atoms with Crippen molar-refractivity contribution in [1.82, 2.24) is 5.32 Å². The average Bonchev–Trinajstić information content (AvgIpc) is 2.54. The Kier molecular flexibility index (Phi) is 5.29. The van der Waals surface area contributed by atoms with Gasteiger partial charge in [-0.3, -0.25) is 0 Å². The quantitative estimate of drug-likeness (QED) is 0.671. The SMILES string of the molecule is COC(=O)c1ccc(NC(=S)NCc2ccccc2)cc1. The van der Waals surface area contributed by atoms with Gasteiger partial charge in [0.2, 0.25) is 0 Å². The molecule has 0 radical (unpaired) electrons. The highest BCUT2D eigenvalue weighted by atomic mass is 32.1. The Labute approximate surface area is 129 Å². The molecule has 0 fully saturated rings. The van der Waals surface area contributed by atoms with E-state index in [-0.39, 0.29) is 5.97 Å². The highest BCUT2D eigenvalue weighted by molar-refractivity contribution is 7.80. The monoisotopic (exact) mass is 300 g/mol. The van der Waals surface area contributed by atoms with Crippen molar-refractivity contribution in [2.75, 3.05) is 12.4 Å². The maximum Gasteiger partial charge on any atom is 0.337 e. The molecule has 0 saturated carbocycles. The maximum atomic E-state index is 11.3. The first-order valence-electron chi connectivity index (χ1n) is 6.46. The summed E-state index contributed by atoms with van der Waals surface area (Å²) in [4.78, 5) is 11.3. The first-order valence-corrected chi connectivity index (χ1v) is 6.87. The first-order chi connectivity index (χ1) is 10.2. The van der Waals surface area contributed by atoms with Crippen molar-refractivity contribution in [2.45, 2.75) is 6.54 Å². The number of methoxy groups -OCH3 is 1. The lowest BCUT2D eigenvalue weighted by Crippen LogP contribution is -2.27. The van der Waals surface area contributed by atoms with Crippen LogP contribution in [-0.4, -0.2) is 18.2 Å². The summed E-state index contributed by atoms with van der Waals surface area (Å²) in [6.07, 6.45) is 0. The molecule has 0 spiro atoms. The summed E-state index contributed by atoms with van der Waals surface area (Å²) < 4.78 is 4.65. The van der Waals surface area contributed by atoms with Gasteiger partial charge in [0.15, 0.2) is 5.11 Å². The molecule has 0 saturated heterocycles. The molecule has 0 heterocycles. The van der Waals surface area contributed by atoms with Gasteiger partial charge >= 0.3 is 5.97 Å². The van der Waals surface area contributed by atoms with Crippen molar-refractivity contribution in [3.63, 3.8) is 0 Å². The molecule has 21 heavy (non-hydrogen) atoms. The van der Waals surface area contributed by atoms with Crippen LogP contribution in [0.1, 0.15) is 15.9 Å². The molecule has 0 aliphatic heterocycles. The summed E-state index contributed by atoms with van der Waals surface area (Å²) in [5, 5.41) is 6.72. The topological polar surface area (TPSA) is 50.4 Å². The third-order valence-electron chi connectivity index (χ3n) is 2.86. The molecule has 0 amide bonds. The second-order valence-corrected chi connectivity index (χ2v) is 4.77. The number of hydrogen-bond donors (Lipinski definition) is 2. The van der Waals surface area contributed by atoms with Crippen molar-refractivity contribution in [3.8, 4) is 0 Å². The van der Waals surface area contributed by atoms with E-state index in [1.54, 1.807) is 24.3 Å². The van der Waals surface area contributed by atoms with Gasteiger partial charge in [-0.25, -0.2) is 4.79 Å². The molecule has 4 nitrogen and oxygen atoms in total. The van der Waals surface area contributed by atoms with Crippen molar-refractivity contribution >= 4 is 29.0 Å². The van der Waals surface area contributed by atoms with Crippen LogP contribution in [0.25, 0.3) is 0 Å². The van der Waals surface area contributed by atoms with Gasteiger partial charge in [-0.1, -0.05) is 30.3 Å². The Morgan fingerprint density at radius 2 is 1.76 bits per heavy atom. The molecule has 5 heteroatoms. The second kappa shape index (κ2) is 7.40. The van der Waals surface area contributed by atoms with Crippen molar-refractivity contribution in [1.29, 1.82) is 0 Å². The Morgan fingerprint density at radius 3 is 2.38 bits per heavy atom. The van der Waals surface area contributed by atoms with Gasteiger partial charge in [0.05, 0.1) is 12.7 Å². The third kappa shape index (κ3) is 4.57. The average molecular weight is 300 g/mol. The molecule has 2 aromatic carbocycles. The zero-order valence-electron chi connectivity index (χ0n) is 11.6. The number of thiocarbonyl (C=S) groups is 1. The number of benzene rings is 2. The number of esters is 1. The molecule has 108 valence electrons. The Balaban J connectivity index is 1.86. The Hall–Kier alpha value is -2.40. The fourth-order valence-electron chi connectivity index (χ4n) is 1.76. The van der Waals surface area contributed by atoms with E-state index in [4.69, 9.17) is 12.2 Å². The number of carbonyl (C=O) groups is 1. The van der Waals surface area contributed by atoms with E-state index >= 15 is 0 Å². The predicted octanol–water partition coefficient (Wildman–Crippen LogP) is 2.96. The van der Waals surface area contributed by atoms with E-state index in [0.717, 1.165) is 11.3 Å². The summed E-state index contributed by atoms with van der Waals surface area (Å²) in [5.41, 5.74) is 2.47. The van der Waals surface area contributed by atoms with E-state index in [1.165, 1.54) is 7.11 Å². The number of rotatable bonds is 4. The largest absolute Gasteiger partial charge is 0.465 e. The van der Waals surface area contributed by atoms with Gasteiger partial charge < -0.3 is 15.4 Å². The van der Waals surface area contributed by atoms with Crippen LogP contribution in [0.15, 0.2) is 54.6 Å².